The van der Waals surface area contributed by atoms with Gasteiger partial charge in [-0.1, -0.05) is 33.6 Å². The lowest BCUT2D eigenvalue weighted by Crippen LogP contribution is -2.17. The number of benzene rings is 1. The number of halogens is 3. The second kappa shape index (κ2) is 6.42. The second-order valence-corrected chi connectivity index (χ2v) is 7.24. The van der Waals surface area contributed by atoms with Crippen LogP contribution in [0.15, 0.2) is 33.4 Å². The Balaban J connectivity index is 2.23. The van der Waals surface area contributed by atoms with Gasteiger partial charge in [-0.2, -0.15) is 0 Å². The van der Waals surface area contributed by atoms with Gasteiger partial charge in [0.25, 0.3) is 0 Å². The van der Waals surface area contributed by atoms with Crippen LogP contribution in [0.1, 0.15) is 11.1 Å². The van der Waals surface area contributed by atoms with Crippen molar-refractivity contribution in [2.45, 2.75) is 11.9 Å². The lowest BCUT2D eigenvalue weighted by molar-refractivity contribution is 0.921. The van der Waals surface area contributed by atoms with Crippen LogP contribution in [0.4, 0.5) is 5.69 Å². The lowest BCUT2D eigenvalue weighted by atomic mass is 10.1. The van der Waals surface area contributed by atoms with E-state index < -0.39 is 0 Å². The summed E-state index contributed by atoms with van der Waals surface area (Å²) in [6.45, 7) is 0.877. The number of hydrogen-bond donors (Lipinski definition) is 0. The van der Waals surface area contributed by atoms with Crippen molar-refractivity contribution in [3.8, 4) is 0 Å². The fraction of sp³-hybridized carbons (Fsp3) is 0.231. The molecule has 96 valence electrons. The maximum absolute atomic E-state index is 6.22. The third-order valence-corrected chi connectivity index (χ3v) is 5.15. The maximum Gasteiger partial charge on any atom is 0.0701 e. The normalized spacial score (nSPS) is 10.7. The van der Waals surface area contributed by atoms with E-state index in [4.69, 9.17) is 11.6 Å². The Morgan fingerprint density at radius 2 is 2.17 bits per heavy atom. The van der Waals surface area contributed by atoms with Gasteiger partial charge in [0.05, 0.1) is 3.79 Å². The van der Waals surface area contributed by atoms with Crippen molar-refractivity contribution in [2.24, 2.45) is 0 Å². The Bertz CT molecular complexity index is 542. The van der Waals surface area contributed by atoms with Gasteiger partial charge in [0, 0.05) is 35.2 Å². The van der Waals surface area contributed by atoms with Crippen molar-refractivity contribution in [1.29, 1.82) is 0 Å². The fourth-order valence-electron chi connectivity index (χ4n) is 1.82. The fourth-order valence-corrected chi connectivity index (χ4v) is 4.01. The van der Waals surface area contributed by atoms with Crippen molar-refractivity contribution in [3.63, 3.8) is 0 Å². The number of alkyl halides is 1. The van der Waals surface area contributed by atoms with E-state index in [1.54, 1.807) is 11.3 Å². The van der Waals surface area contributed by atoms with Gasteiger partial charge in [-0.25, -0.2) is 0 Å². The molecule has 0 saturated carbocycles. The monoisotopic (exact) mass is 407 g/mol. The second-order valence-electron chi connectivity index (χ2n) is 3.99. The zero-order chi connectivity index (χ0) is 13.1. The van der Waals surface area contributed by atoms with Crippen molar-refractivity contribution in [2.75, 3.05) is 11.9 Å². The molecule has 2 rings (SSSR count). The molecule has 2 aromatic rings. The maximum atomic E-state index is 6.22. The first kappa shape index (κ1) is 14.4. The van der Waals surface area contributed by atoms with Gasteiger partial charge in [0.1, 0.15) is 0 Å². The summed E-state index contributed by atoms with van der Waals surface area (Å²) < 4.78 is 1.16. The van der Waals surface area contributed by atoms with E-state index in [-0.39, 0.29) is 0 Å². The zero-order valence-electron chi connectivity index (χ0n) is 9.79. The van der Waals surface area contributed by atoms with Gasteiger partial charge in [-0.15, -0.1) is 11.3 Å². The molecular weight excluding hydrogens is 397 g/mol. The Labute approximate surface area is 133 Å². The molecule has 0 amide bonds. The highest BCUT2D eigenvalue weighted by Gasteiger charge is 2.10. The molecule has 0 spiro atoms. The molecule has 0 N–H and O–H groups in total. The summed E-state index contributed by atoms with van der Waals surface area (Å²) in [7, 11) is 2.09. The third-order valence-electron chi connectivity index (χ3n) is 2.68. The Morgan fingerprint density at radius 3 is 2.78 bits per heavy atom. The summed E-state index contributed by atoms with van der Waals surface area (Å²) >= 11 is 14.9. The summed E-state index contributed by atoms with van der Waals surface area (Å²) in [4.78, 5) is 2.22. The van der Waals surface area contributed by atoms with E-state index in [2.05, 4.69) is 61.3 Å². The van der Waals surface area contributed by atoms with E-state index in [0.29, 0.717) is 0 Å². The van der Waals surface area contributed by atoms with E-state index in [0.717, 1.165) is 26.2 Å². The van der Waals surface area contributed by atoms with Crippen LogP contribution < -0.4 is 4.90 Å². The molecule has 0 aliphatic heterocycles. The van der Waals surface area contributed by atoms with Crippen LogP contribution in [0.25, 0.3) is 0 Å². The predicted octanol–water partition coefficient (Wildman–Crippen LogP) is 5.70. The van der Waals surface area contributed by atoms with Crippen LogP contribution in [-0.2, 0) is 11.9 Å². The molecular formula is C13H12Br2ClNS. The summed E-state index contributed by atoms with van der Waals surface area (Å²) in [6, 6.07) is 8.17. The largest absolute Gasteiger partial charge is 0.370 e. The van der Waals surface area contributed by atoms with Gasteiger partial charge in [0.2, 0.25) is 0 Å². The van der Waals surface area contributed by atoms with Gasteiger partial charge in [-0.05, 0) is 45.1 Å². The number of thiophene rings is 1. The van der Waals surface area contributed by atoms with Crippen molar-refractivity contribution in [3.05, 3.63) is 49.6 Å². The summed E-state index contributed by atoms with van der Waals surface area (Å²) in [6.07, 6.45) is 0. The van der Waals surface area contributed by atoms with E-state index in [1.807, 2.05) is 12.1 Å². The van der Waals surface area contributed by atoms with Crippen LogP contribution in [-0.4, -0.2) is 7.05 Å². The quantitative estimate of drug-likeness (QED) is 0.586. The molecule has 0 radical (unpaired) electrons. The summed E-state index contributed by atoms with van der Waals surface area (Å²) in [5, 5.41) is 3.74. The first-order valence-electron chi connectivity index (χ1n) is 5.39. The average molecular weight is 410 g/mol. The molecule has 1 heterocycles. The molecule has 0 aliphatic carbocycles. The van der Waals surface area contributed by atoms with Crippen LogP contribution in [0.2, 0.25) is 5.02 Å². The zero-order valence-corrected chi connectivity index (χ0v) is 14.5. The average Bonchev–Trinajstić information content (AvgIpc) is 2.74. The molecule has 5 heteroatoms. The Morgan fingerprint density at radius 1 is 1.39 bits per heavy atom. The van der Waals surface area contributed by atoms with Gasteiger partial charge >= 0.3 is 0 Å². The smallest absolute Gasteiger partial charge is 0.0701 e. The molecule has 0 atom stereocenters. The first-order chi connectivity index (χ1) is 8.61. The molecule has 0 saturated heterocycles. The Kier molecular flexibility index (Phi) is 5.13. The molecule has 1 aromatic carbocycles. The molecule has 18 heavy (non-hydrogen) atoms. The van der Waals surface area contributed by atoms with Gasteiger partial charge in [-0.3, -0.25) is 0 Å². The minimum Gasteiger partial charge on any atom is -0.370 e. The molecule has 0 fully saturated rings. The number of anilines is 1. The van der Waals surface area contributed by atoms with Crippen molar-refractivity contribution in [1.82, 2.24) is 0 Å². The number of nitrogens with zero attached hydrogens (tertiary/aromatic N) is 1. The van der Waals surface area contributed by atoms with Crippen LogP contribution in [0.5, 0.6) is 0 Å². The highest BCUT2D eigenvalue weighted by atomic mass is 79.9. The van der Waals surface area contributed by atoms with Gasteiger partial charge < -0.3 is 4.90 Å². The summed E-state index contributed by atoms with van der Waals surface area (Å²) in [5.41, 5.74) is 3.60. The molecule has 0 aliphatic rings. The SMILES string of the molecule is CN(Cc1csc(Br)c1)c1cccc(Cl)c1CBr. The predicted molar refractivity (Wildman–Crippen MR) is 88.2 cm³/mol. The summed E-state index contributed by atoms with van der Waals surface area (Å²) in [5.74, 6) is 0. The molecule has 1 aromatic heterocycles. The third kappa shape index (κ3) is 3.29. The molecule has 0 unspecified atom stereocenters. The highest BCUT2D eigenvalue weighted by Crippen LogP contribution is 2.30. The minimum atomic E-state index is 0.764. The molecule has 1 nitrogen and oxygen atoms in total. The first-order valence-corrected chi connectivity index (χ1v) is 8.56. The van der Waals surface area contributed by atoms with Crippen LogP contribution in [0.3, 0.4) is 0 Å². The lowest BCUT2D eigenvalue weighted by Gasteiger charge is -2.22. The minimum absolute atomic E-state index is 0.764. The van der Waals surface area contributed by atoms with Crippen LogP contribution in [0, 0.1) is 0 Å². The van der Waals surface area contributed by atoms with E-state index >= 15 is 0 Å². The van der Waals surface area contributed by atoms with Crippen molar-refractivity contribution >= 4 is 60.5 Å². The van der Waals surface area contributed by atoms with Crippen molar-refractivity contribution < 1.29 is 0 Å². The molecule has 0 bridgehead atoms. The number of rotatable bonds is 4. The number of hydrogen-bond acceptors (Lipinski definition) is 2. The topological polar surface area (TPSA) is 3.24 Å². The Hall–Kier alpha value is -0.0300. The highest BCUT2D eigenvalue weighted by molar-refractivity contribution is 9.11. The van der Waals surface area contributed by atoms with Gasteiger partial charge in [0.15, 0.2) is 0 Å². The van der Waals surface area contributed by atoms with Crippen LogP contribution >= 0.6 is 54.8 Å². The standard InChI is InChI=1S/C13H12Br2ClNS/c1-17(7-9-5-13(15)18-8-9)12-4-2-3-11(16)10(12)6-14/h2-5,8H,6-7H2,1H3. The van der Waals surface area contributed by atoms with E-state index in [9.17, 15) is 0 Å². The van der Waals surface area contributed by atoms with E-state index in [1.165, 1.54) is 11.3 Å².